The van der Waals surface area contributed by atoms with Crippen LogP contribution in [0.3, 0.4) is 0 Å². The van der Waals surface area contributed by atoms with Crippen LogP contribution in [0.25, 0.3) is 14.5 Å². The molecular formula is C65H72N12O12. The van der Waals surface area contributed by atoms with Crippen LogP contribution < -0.4 is 0 Å². The lowest BCUT2D eigenvalue weighted by Gasteiger charge is -2.34. The molecule has 0 saturated carbocycles. The van der Waals surface area contributed by atoms with E-state index >= 15 is 0 Å². The van der Waals surface area contributed by atoms with Crippen molar-refractivity contribution in [3.8, 4) is 30.3 Å². The van der Waals surface area contributed by atoms with Crippen LogP contribution in [-0.4, -0.2) is 175 Å². The Labute approximate surface area is 519 Å². The first-order valence-corrected chi connectivity index (χ1v) is 30.0. The van der Waals surface area contributed by atoms with Gasteiger partial charge in [-0.15, -0.1) is 0 Å². The van der Waals surface area contributed by atoms with Crippen molar-refractivity contribution in [2.75, 3.05) is 107 Å². The van der Waals surface area contributed by atoms with E-state index in [-0.39, 0.29) is 70.4 Å². The number of methoxy groups -OCH3 is 4. The molecule has 89 heavy (non-hydrogen) atoms. The van der Waals surface area contributed by atoms with Crippen LogP contribution in [0.1, 0.15) is 103 Å². The lowest BCUT2D eigenvalue weighted by Crippen LogP contribution is -2.44. The highest BCUT2D eigenvalue weighted by atomic mass is 16.6. The number of nitriles is 5. The summed E-state index contributed by atoms with van der Waals surface area (Å²) in [7, 11) is 5.90. The van der Waals surface area contributed by atoms with E-state index in [0.29, 0.717) is 101 Å². The largest absolute Gasteiger partial charge is 0.470 e. The minimum atomic E-state index is -2.27. The average molecular weight is 1210 g/mol. The highest BCUT2D eigenvalue weighted by Crippen LogP contribution is 2.42. The monoisotopic (exact) mass is 1210 g/mol. The van der Waals surface area contributed by atoms with Gasteiger partial charge >= 0.3 is 23.9 Å². The van der Waals surface area contributed by atoms with Gasteiger partial charge in [-0.1, -0.05) is 0 Å². The summed E-state index contributed by atoms with van der Waals surface area (Å²) in [4.78, 5) is 78.3. The van der Waals surface area contributed by atoms with E-state index < -0.39 is 103 Å². The standard InChI is InChI=1S/C65H72N12O12/c1-71-58-48(27-44(85-7)31-57(58)77-22-14-15-23-77)60(73-3)64(81)89-40-65(37-86-61(78)52(35-69)45-24-41(82-4)28-54(49(45)32-66)74-16-8-9-17-74,38-87-62(79)53(36-70)46-25-42(83-5)29-55(50(46)33-67)75-18-10-11-19-75)39-88-63(80)59(72-2)47-26-43(84-6)30-56(51(47)34-68)76-20-12-13-21-76/h41-44H,8-31,37-40H2,4-7H3/b52-45+,53-46+,59-47+,60-48-. The molecule has 4 aliphatic heterocycles. The number of carbonyl (C=O) groups is 4. The first kappa shape index (κ1) is 65.7. The molecule has 4 fully saturated rings. The normalized spacial score (nSPS) is 25.0. The van der Waals surface area contributed by atoms with Crippen molar-refractivity contribution in [2.45, 2.75) is 127 Å². The summed E-state index contributed by atoms with van der Waals surface area (Å²) in [5, 5.41) is 53.8. The maximum absolute atomic E-state index is 14.8. The number of ether oxygens (including phenoxy) is 8. The lowest BCUT2D eigenvalue weighted by molar-refractivity contribution is -0.165. The summed E-state index contributed by atoms with van der Waals surface area (Å²) in [6.45, 7) is 26.0. The maximum atomic E-state index is 14.8. The van der Waals surface area contributed by atoms with Crippen molar-refractivity contribution in [1.82, 2.24) is 19.6 Å². The zero-order valence-electron chi connectivity index (χ0n) is 50.9. The van der Waals surface area contributed by atoms with Crippen molar-refractivity contribution >= 4 is 23.9 Å². The third-order valence-corrected chi connectivity index (χ3v) is 17.9. The van der Waals surface area contributed by atoms with Gasteiger partial charge in [0.2, 0.25) is 0 Å². The first-order valence-electron chi connectivity index (χ1n) is 30.0. The summed E-state index contributed by atoms with van der Waals surface area (Å²) >= 11 is 0. The number of nitrogens with zero attached hydrogens (tertiary/aromatic N) is 12. The fourth-order valence-corrected chi connectivity index (χ4v) is 13.1. The zero-order chi connectivity index (χ0) is 63.8. The average Bonchev–Trinajstić information content (AvgIpc) is 1.87. The van der Waals surface area contributed by atoms with E-state index in [9.17, 15) is 45.5 Å². The summed E-state index contributed by atoms with van der Waals surface area (Å²) in [5.41, 5.74) is -1.79. The third kappa shape index (κ3) is 14.5. The van der Waals surface area contributed by atoms with E-state index in [4.69, 9.17) is 57.6 Å². The van der Waals surface area contributed by atoms with Gasteiger partial charge in [0.25, 0.3) is 11.4 Å². The van der Waals surface area contributed by atoms with Crippen LogP contribution in [0, 0.1) is 81.8 Å². The minimum absolute atomic E-state index is 0.0325. The molecule has 8 aliphatic rings. The van der Waals surface area contributed by atoms with E-state index in [1.807, 2.05) is 31.7 Å². The Morgan fingerprint density at radius 2 is 0.708 bits per heavy atom. The maximum Gasteiger partial charge on any atom is 0.349 e. The summed E-state index contributed by atoms with van der Waals surface area (Å²) in [6, 6.07) is 10.4. The van der Waals surface area contributed by atoms with E-state index in [1.54, 1.807) is 0 Å². The Balaban J connectivity index is 1.26. The van der Waals surface area contributed by atoms with Crippen LogP contribution >= 0.6 is 0 Å². The van der Waals surface area contributed by atoms with Crippen molar-refractivity contribution in [2.24, 2.45) is 5.41 Å². The Morgan fingerprint density at radius 1 is 0.427 bits per heavy atom. The molecule has 24 heteroatoms. The van der Waals surface area contributed by atoms with Crippen LogP contribution in [0.2, 0.25) is 0 Å². The van der Waals surface area contributed by atoms with Crippen LogP contribution in [0.5, 0.6) is 0 Å². The van der Waals surface area contributed by atoms with Crippen LogP contribution in [-0.2, 0) is 57.1 Å². The highest BCUT2D eigenvalue weighted by molar-refractivity contribution is 5.96. The molecule has 464 valence electrons. The fourth-order valence-electron chi connectivity index (χ4n) is 13.1. The number of carbonyl (C=O) groups excluding carboxylic acids is 4. The molecule has 4 unspecified atom stereocenters. The van der Waals surface area contributed by atoms with Gasteiger partial charge < -0.3 is 57.5 Å². The highest BCUT2D eigenvalue weighted by Gasteiger charge is 2.44. The van der Waals surface area contributed by atoms with Gasteiger partial charge in [-0.3, -0.25) is 9.59 Å². The molecule has 8 rings (SSSR count). The molecule has 4 saturated heterocycles. The van der Waals surface area contributed by atoms with Crippen LogP contribution in [0.15, 0.2) is 90.0 Å². The number of esters is 4. The summed E-state index contributed by atoms with van der Waals surface area (Å²) < 4.78 is 47.2. The Morgan fingerprint density at radius 3 is 1.01 bits per heavy atom. The van der Waals surface area contributed by atoms with Crippen molar-refractivity contribution in [1.29, 1.82) is 26.3 Å². The number of allylic oxidation sites excluding steroid dienone is 4. The molecule has 24 nitrogen and oxygen atoms in total. The summed E-state index contributed by atoms with van der Waals surface area (Å²) in [6.07, 6.45) is 5.73. The van der Waals surface area contributed by atoms with Gasteiger partial charge in [0.15, 0.2) is 5.70 Å². The number of rotatable bonds is 20. The molecule has 0 aromatic carbocycles. The predicted octanol–water partition coefficient (Wildman–Crippen LogP) is 7.22. The van der Waals surface area contributed by atoms with E-state index in [2.05, 4.69) is 32.7 Å². The molecule has 0 amide bonds. The Hall–Kier alpha value is -9.24. The van der Waals surface area contributed by atoms with Gasteiger partial charge in [-0.25, -0.2) is 24.1 Å². The second-order valence-electron chi connectivity index (χ2n) is 23.2. The zero-order valence-corrected chi connectivity index (χ0v) is 50.9. The Kier molecular flexibility index (Phi) is 22.6. The quantitative estimate of drug-likeness (QED) is 0.0382. The fraction of sp³-hybridized carbons (Fsp3) is 0.569. The topological polar surface area (TPSA) is 287 Å². The smallest absolute Gasteiger partial charge is 0.349 e. The Bertz CT molecular complexity index is 3000. The molecule has 0 aromatic heterocycles. The van der Waals surface area contributed by atoms with E-state index in [0.717, 1.165) is 51.4 Å². The molecule has 4 aliphatic carbocycles. The van der Waals surface area contributed by atoms with Crippen molar-refractivity contribution < 1.29 is 57.1 Å². The van der Waals surface area contributed by atoms with Gasteiger partial charge in [-0.2, -0.15) is 26.3 Å². The van der Waals surface area contributed by atoms with Crippen molar-refractivity contribution in [3.63, 3.8) is 0 Å². The molecule has 0 radical (unpaired) electrons. The molecule has 0 N–H and O–H groups in total. The van der Waals surface area contributed by atoms with Crippen molar-refractivity contribution in [3.05, 3.63) is 124 Å². The molecular weight excluding hydrogens is 1140 g/mol. The first-order chi connectivity index (χ1) is 43.2. The van der Waals surface area contributed by atoms with Crippen LogP contribution in [0.4, 0.5) is 0 Å². The number of likely N-dealkylation sites (tertiary alicyclic amines) is 4. The predicted molar refractivity (Wildman–Crippen MR) is 314 cm³/mol. The number of hydrogen-bond donors (Lipinski definition) is 0. The van der Waals surface area contributed by atoms with Gasteiger partial charge in [0, 0.05) is 142 Å². The second-order valence-corrected chi connectivity index (χ2v) is 23.2. The van der Waals surface area contributed by atoms with Gasteiger partial charge in [0.1, 0.15) is 67.3 Å². The molecule has 0 bridgehead atoms. The van der Waals surface area contributed by atoms with Gasteiger partial charge in [-0.05, 0) is 86.5 Å². The van der Waals surface area contributed by atoms with Gasteiger partial charge in [0.05, 0.1) is 66.9 Å². The lowest BCUT2D eigenvalue weighted by atomic mass is 9.85. The second kappa shape index (κ2) is 30.6. The molecule has 0 aromatic rings. The third-order valence-electron chi connectivity index (χ3n) is 17.9. The molecule has 4 heterocycles. The van der Waals surface area contributed by atoms with E-state index in [1.165, 1.54) is 28.4 Å². The summed E-state index contributed by atoms with van der Waals surface area (Å²) in [5.74, 6) is -5.16. The molecule has 0 spiro atoms. The minimum Gasteiger partial charge on any atom is -0.470 e. The number of hydrogen-bond acceptors (Lipinski definition) is 21. The molecule has 4 atom stereocenters. The SMILES string of the molecule is [C-]#[N+]C1=C(N2CCCC2)CC(OC)C/C1=C(/[N+]#[C-])C(=O)OCC(COC(=O)/C(C#N)=C1\CC(OC)CC(N2CCCC2)=C1C#N)(COC(=O)/C(C#N)=C1\CC(OC)CC(N2CCCC2)=C1C#N)COC(=O)/C([N+]#[C-])=C1/CC(OC)CC(N2CCCC2)=C1C#N.